The van der Waals surface area contributed by atoms with E-state index in [2.05, 4.69) is 29.2 Å². The van der Waals surface area contributed by atoms with Crippen molar-refractivity contribution in [2.24, 2.45) is 29.6 Å². The predicted molar refractivity (Wildman–Crippen MR) is 128 cm³/mol. The molecular formula is C24H25N3O5S2. The van der Waals surface area contributed by atoms with Gasteiger partial charge in [-0.25, -0.2) is 4.79 Å². The molecule has 1 aromatic heterocycles. The second-order valence-electron chi connectivity index (χ2n) is 10.0. The number of carbonyl (C=O) groups excluding carboxylic acids is 2. The molecule has 1 aromatic carbocycles. The zero-order valence-electron chi connectivity index (χ0n) is 18.9. The van der Waals surface area contributed by atoms with Gasteiger partial charge in [0.1, 0.15) is 6.04 Å². The number of carboxylic acid groups (broad SMARTS) is 1. The number of aromatic nitrogens is 1. The Morgan fingerprint density at radius 3 is 2.38 bits per heavy atom. The average Bonchev–Trinajstić information content (AvgIpc) is 3.52. The fourth-order valence-electron chi connectivity index (χ4n) is 6.89. The first-order chi connectivity index (χ1) is 16.2. The molecule has 2 amide bonds. The molecule has 178 valence electrons. The monoisotopic (exact) mass is 499 g/mol. The fraction of sp³-hybridized carbons (Fsp3) is 0.500. The van der Waals surface area contributed by atoms with E-state index in [0.717, 1.165) is 32.5 Å². The first-order valence-electron chi connectivity index (χ1n) is 11.5. The molecule has 0 radical (unpaired) electrons. The molecule has 10 heteroatoms. The molecule has 8 nitrogen and oxygen atoms in total. The molecule has 4 aliphatic rings. The van der Waals surface area contributed by atoms with E-state index in [0.29, 0.717) is 0 Å². The third-order valence-electron chi connectivity index (χ3n) is 8.27. The van der Waals surface area contributed by atoms with Crippen LogP contribution in [0.2, 0.25) is 0 Å². The van der Waals surface area contributed by atoms with Crippen LogP contribution in [0.3, 0.4) is 0 Å². The smallest absolute Gasteiger partial charge is 0.326 e. The van der Waals surface area contributed by atoms with Crippen LogP contribution in [0.1, 0.15) is 29.7 Å². The minimum absolute atomic E-state index is 0.00690. The van der Waals surface area contributed by atoms with E-state index in [4.69, 9.17) is 0 Å². The minimum Gasteiger partial charge on any atom is -0.480 e. The summed E-state index contributed by atoms with van der Waals surface area (Å²) >= 11 is 2.87. The third-order valence-corrected chi connectivity index (χ3v) is 10.9. The molecule has 7 unspecified atom stereocenters. The van der Waals surface area contributed by atoms with Crippen molar-refractivity contribution in [2.45, 2.75) is 35.6 Å². The van der Waals surface area contributed by atoms with Gasteiger partial charge in [0.05, 0.1) is 16.9 Å². The predicted octanol–water partition coefficient (Wildman–Crippen LogP) is 2.45. The molecule has 3 heterocycles. The van der Waals surface area contributed by atoms with Crippen LogP contribution >= 0.6 is 23.1 Å². The number of hydrogen-bond donors (Lipinski definition) is 2. The van der Waals surface area contributed by atoms with Gasteiger partial charge in [-0.2, -0.15) is 0 Å². The van der Waals surface area contributed by atoms with E-state index in [1.807, 2.05) is 19.0 Å². The van der Waals surface area contributed by atoms with Gasteiger partial charge in [0, 0.05) is 35.8 Å². The Balaban J connectivity index is 1.43. The molecule has 2 aliphatic carbocycles. The maximum atomic E-state index is 13.4. The summed E-state index contributed by atoms with van der Waals surface area (Å²) in [6, 6.07) is 7.18. The Kier molecular flexibility index (Phi) is 4.80. The molecule has 0 spiro atoms. The number of amides is 2. The van der Waals surface area contributed by atoms with Crippen molar-refractivity contribution in [3.63, 3.8) is 0 Å². The summed E-state index contributed by atoms with van der Waals surface area (Å²) in [5, 5.41) is 10.4. The summed E-state index contributed by atoms with van der Waals surface area (Å²) in [4.78, 5) is 57.6. The van der Waals surface area contributed by atoms with Gasteiger partial charge in [0.2, 0.25) is 11.8 Å². The fourth-order valence-corrected chi connectivity index (χ4v) is 9.77. The van der Waals surface area contributed by atoms with Gasteiger partial charge in [-0.1, -0.05) is 23.5 Å². The number of carboxylic acids is 1. The molecule has 6 rings (SSSR count). The highest BCUT2D eigenvalue weighted by molar-refractivity contribution is 8.00. The molecule has 2 aliphatic heterocycles. The first-order valence-corrected chi connectivity index (χ1v) is 13.1. The highest BCUT2D eigenvalue weighted by atomic mass is 32.2. The second-order valence-corrected chi connectivity index (χ2v) is 12.2. The molecule has 1 saturated heterocycles. The quantitative estimate of drug-likeness (QED) is 0.622. The number of likely N-dealkylation sites (tertiary alicyclic amines) is 1. The number of anilines is 1. The van der Waals surface area contributed by atoms with Crippen molar-refractivity contribution in [3.8, 4) is 0 Å². The number of H-pyrrole nitrogens is 1. The first kappa shape index (κ1) is 21.9. The van der Waals surface area contributed by atoms with Crippen LogP contribution in [-0.4, -0.2) is 58.2 Å². The second kappa shape index (κ2) is 7.45. The van der Waals surface area contributed by atoms with Gasteiger partial charge in [-0.3, -0.25) is 19.3 Å². The van der Waals surface area contributed by atoms with Crippen LogP contribution < -0.4 is 9.77 Å². The number of thioether (sulfide) groups is 1. The van der Waals surface area contributed by atoms with E-state index < -0.39 is 23.8 Å². The number of hydrogen-bond acceptors (Lipinski definition) is 7. The number of nitrogens with zero attached hydrogens (tertiary/aromatic N) is 2. The van der Waals surface area contributed by atoms with Gasteiger partial charge >= 0.3 is 10.8 Å². The number of benzene rings is 1. The lowest BCUT2D eigenvalue weighted by molar-refractivity contribution is -0.154. The Morgan fingerprint density at radius 1 is 1.12 bits per heavy atom. The Morgan fingerprint density at radius 2 is 1.76 bits per heavy atom. The van der Waals surface area contributed by atoms with Crippen LogP contribution in [-0.2, 0) is 14.4 Å². The van der Waals surface area contributed by atoms with Crippen molar-refractivity contribution in [3.05, 3.63) is 44.4 Å². The topological polar surface area (TPSA) is 111 Å². The van der Waals surface area contributed by atoms with Gasteiger partial charge in [0.15, 0.2) is 0 Å². The summed E-state index contributed by atoms with van der Waals surface area (Å²) in [5.41, 5.74) is 2.19. The lowest BCUT2D eigenvalue weighted by Gasteiger charge is -2.43. The number of imide groups is 1. The molecule has 3 fully saturated rings. The number of rotatable bonds is 4. The van der Waals surface area contributed by atoms with E-state index in [9.17, 15) is 24.3 Å². The van der Waals surface area contributed by atoms with Gasteiger partial charge in [0.25, 0.3) is 0 Å². The van der Waals surface area contributed by atoms with Crippen molar-refractivity contribution in [2.75, 3.05) is 19.0 Å². The highest BCUT2D eigenvalue weighted by Gasteiger charge is 2.70. The van der Waals surface area contributed by atoms with Gasteiger partial charge < -0.3 is 15.0 Å². The zero-order valence-corrected chi connectivity index (χ0v) is 20.6. The summed E-state index contributed by atoms with van der Waals surface area (Å²) in [5.74, 6) is -2.73. The average molecular weight is 500 g/mol. The third kappa shape index (κ3) is 2.84. The van der Waals surface area contributed by atoms with E-state index in [-0.39, 0.29) is 45.6 Å². The minimum atomic E-state index is -1.17. The SMILES string of the molecule is CC(C(=O)O)N1C(=O)C2C3CC(C2C1=O)C1C3Sc2[nH]c(=O)sc2[C@@H]1c1ccc(N(C)C)cc1. The van der Waals surface area contributed by atoms with E-state index in [1.165, 1.54) is 18.3 Å². The van der Waals surface area contributed by atoms with Crippen LogP contribution in [0.5, 0.6) is 0 Å². The van der Waals surface area contributed by atoms with Crippen molar-refractivity contribution in [1.82, 2.24) is 9.88 Å². The lowest BCUT2D eigenvalue weighted by Crippen LogP contribution is -2.44. The summed E-state index contributed by atoms with van der Waals surface area (Å²) in [7, 11) is 3.97. The number of carbonyl (C=O) groups is 3. The molecule has 2 bridgehead atoms. The number of nitrogens with one attached hydrogen (secondary N) is 1. The summed E-state index contributed by atoms with van der Waals surface area (Å²) in [6.45, 7) is 1.40. The van der Waals surface area contributed by atoms with E-state index >= 15 is 0 Å². The lowest BCUT2D eigenvalue weighted by atomic mass is 9.68. The molecule has 34 heavy (non-hydrogen) atoms. The highest BCUT2D eigenvalue weighted by Crippen LogP contribution is 2.68. The van der Waals surface area contributed by atoms with Crippen LogP contribution in [0.4, 0.5) is 5.69 Å². The van der Waals surface area contributed by atoms with Crippen molar-refractivity contribution < 1.29 is 19.5 Å². The van der Waals surface area contributed by atoms with E-state index in [1.54, 1.807) is 11.8 Å². The largest absolute Gasteiger partial charge is 0.480 e. The molecule has 2 aromatic rings. The standard InChI is InChI=1S/C24H25N3O5S2/c1-9(23(30)31)27-21(28)16-12-8-13(17(16)22(27)29)18-15(12)14(19-20(33-18)25-24(32)34-19)10-4-6-11(7-5-10)26(2)3/h4-7,9,12-18H,8H2,1-3H3,(H,25,32)(H,30,31)/t9?,12?,13?,14-,15?,16?,17?,18?/m1/s1. The number of aliphatic carboxylic acids is 1. The van der Waals surface area contributed by atoms with Crippen LogP contribution in [0, 0.1) is 29.6 Å². The summed E-state index contributed by atoms with van der Waals surface area (Å²) < 4.78 is 0. The summed E-state index contributed by atoms with van der Waals surface area (Å²) in [6.07, 6.45) is 0.788. The van der Waals surface area contributed by atoms with Crippen LogP contribution in [0.15, 0.2) is 34.1 Å². The normalized spacial score (nSPS) is 34.1. The molecule has 2 N–H and O–H groups in total. The zero-order chi connectivity index (χ0) is 24.0. The molecule has 8 atom stereocenters. The molecular weight excluding hydrogens is 474 g/mol. The van der Waals surface area contributed by atoms with Crippen LogP contribution in [0.25, 0.3) is 0 Å². The number of fused-ring (bicyclic) bond motifs is 9. The number of thiazole rings is 1. The Labute approximate surface area is 204 Å². The Hall–Kier alpha value is -2.59. The molecule has 2 saturated carbocycles. The number of aromatic amines is 1. The maximum absolute atomic E-state index is 13.4. The Bertz CT molecular complexity index is 1270. The van der Waals surface area contributed by atoms with Crippen molar-refractivity contribution in [1.29, 1.82) is 0 Å². The van der Waals surface area contributed by atoms with Crippen molar-refractivity contribution >= 4 is 46.6 Å². The van der Waals surface area contributed by atoms with Gasteiger partial charge in [-0.15, -0.1) is 11.8 Å². The van der Waals surface area contributed by atoms with Gasteiger partial charge in [-0.05, 0) is 48.8 Å². The maximum Gasteiger partial charge on any atom is 0.326 e.